The third-order valence-electron chi connectivity index (χ3n) is 5.44. The van der Waals surface area contributed by atoms with Crippen molar-refractivity contribution in [1.82, 2.24) is 14.8 Å². The smallest absolute Gasteiger partial charge is 0.410 e. The Kier molecular flexibility index (Phi) is 8.61. The van der Waals surface area contributed by atoms with E-state index in [1.807, 2.05) is 68.4 Å². The fourth-order valence-electron chi connectivity index (χ4n) is 4.18. The van der Waals surface area contributed by atoms with Crippen LogP contribution in [0.3, 0.4) is 0 Å². The fraction of sp³-hybridized carbons (Fsp3) is 0.760. The zero-order valence-corrected chi connectivity index (χ0v) is 24.8. The van der Waals surface area contributed by atoms with Gasteiger partial charge in [-0.05, 0) is 73.9 Å². The van der Waals surface area contributed by atoms with Gasteiger partial charge in [0, 0.05) is 19.6 Å². The van der Waals surface area contributed by atoms with E-state index in [9.17, 15) is 13.9 Å². The van der Waals surface area contributed by atoms with Crippen molar-refractivity contribution in [2.75, 3.05) is 31.1 Å². The maximum absolute atomic E-state index is 14.1. The number of rotatable bonds is 4. The van der Waals surface area contributed by atoms with E-state index in [2.05, 4.69) is 4.90 Å². The van der Waals surface area contributed by atoms with Gasteiger partial charge in [0.05, 0.1) is 29.5 Å². The van der Waals surface area contributed by atoms with Gasteiger partial charge in [-0.2, -0.15) is 0 Å². The average Bonchev–Trinajstić information content (AvgIpc) is 2.69. The minimum Gasteiger partial charge on any atom is -0.616 e. The average molecular weight is 544 g/mol. The van der Waals surface area contributed by atoms with Crippen molar-refractivity contribution in [3.63, 3.8) is 0 Å². The number of carbonyl (C=O) groups is 1. The zero-order valence-electron chi connectivity index (χ0n) is 23.1. The van der Waals surface area contributed by atoms with Crippen molar-refractivity contribution < 1.29 is 27.7 Å². The second-order valence-electron chi connectivity index (χ2n) is 12.4. The lowest BCUT2D eigenvalue weighted by atomic mass is 10.00. The Balaban J connectivity index is 2.03. The number of carbonyl (C=O) groups excluding carboxylic acids is 1. The summed E-state index contributed by atoms with van der Waals surface area (Å²) in [5.41, 5.74) is -0.203. The molecule has 9 nitrogen and oxygen atoms in total. The van der Waals surface area contributed by atoms with Crippen LogP contribution < -0.4 is 5.44 Å². The van der Waals surface area contributed by atoms with Crippen molar-refractivity contribution in [3.8, 4) is 0 Å². The highest BCUT2D eigenvalue weighted by molar-refractivity contribution is 7.91. The summed E-state index contributed by atoms with van der Waals surface area (Å²) in [6.07, 6.45) is -0.388. The lowest BCUT2D eigenvalue weighted by Gasteiger charge is -2.41. The molecule has 11 heteroatoms. The minimum absolute atomic E-state index is 0.252. The monoisotopic (exact) mass is 543 g/mol. The van der Waals surface area contributed by atoms with Gasteiger partial charge in [0.25, 0.3) is 0 Å². The third-order valence-corrected chi connectivity index (χ3v) is 9.10. The Morgan fingerprint density at radius 3 is 2.06 bits per heavy atom. The van der Waals surface area contributed by atoms with Crippen molar-refractivity contribution in [2.24, 2.45) is 0 Å². The van der Waals surface area contributed by atoms with Crippen LogP contribution in [0.5, 0.6) is 0 Å². The summed E-state index contributed by atoms with van der Waals surface area (Å²) >= 11 is -0.847. The van der Waals surface area contributed by atoms with Gasteiger partial charge >= 0.3 is 13.7 Å². The number of fused-ring (bicyclic) bond motifs is 1. The summed E-state index contributed by atoms with van der Waals surface area (Å²) in [5, 5.41) is 0. The van der Waals surface area contributed by atoms with Gasteiger partial charge in [-0.3, -0.25) is 18.5 Å². The van der Waals surface area contributed by atoms with Crippen LogP contribution in [0.4, 0.5) is 4.79 Å². The van der Waals surface area contributed by atoms with Crippen molar-refractivity contribution in [3.05, 3.63) is 23.4 Å². The SMILES string of the molecule is CC(C)(C)OC(=O)N1Cc2ccc(P(=O)(OC(C)(C)C)OC(C)(C)C)nc2C(N2CC[S+]([O-])CC2)C1. The number of aromatic nitrogens is 1. The van der Waals surface area contributed by atoms with Crippen LogP contribution in [0, 0.1) is 0 Å². The first kappa shape index (κ1) is 29.4. The van der Waals surface area contributed by atoms with Crippen molar-refractivity contribution >= 4 is 30.3 Å². The predicted molar refractivity (Wildman–Crippen MR) is 142 cm³/mol. The van der Waals surface area contributed by atoms with Gasteiger partial charge in [0.2, 0.25) is 0 Å². The summed E-state index contributed by atoms with van der Waals surface area (Å²) < 4.78 is 43.9. The minimum atomic E-state index is -3.78. The molecule has 0 bridgehead atoms. The van der Waals surface area contributed by atoms with Crippen LogP contribution in [0.15, 0.2) is 12.1 Å². The molecule has 0 saturated carbocycles. The molecule has 0 N–H and O–H groups in total. The number of ether oxygens (including phenoxy) is 1. The molecule has 1 saturated heterocycles. The van der Waals surface area contributed by atoms with E-state index in [0.29, 0.717) is 37.7 Å². The number of hydrogen-bond donors (Lipinski definition) is 0. The molecule has 0 aliphatic carbocycles. The molecule has 3 rings (SSSR count). The Bertz CT molecular complexity index is 973. The maximum atomic E-state index is 14.1. The predicted octanol–water partition coefficient (Wildman–Crippen LogP) is 4.39. The standard InChI is InChI=1S/C25H42N3O6PS/c1-23(2,3)32-22(29)28-16-18-10-11-20(35(30,33-24(4,5)6)34-25(7,8)9)26-21(18)19(17-28)27-12-14-36(31)15-13-27/h10-11,19H,12-17H2,1-9H3. The maximum Gasteiger partial charge on any atom is 0.410 e. The number of nitrogens with zero attached hydrogens (tertiary/aromatic N) is 3. The van der Waals surface area contributed by atoms with Gasteiger partial charge < -0.3 is 14.2 Å². The Labute approximate surface area is 219 Å². The van der Waals surface area contributed by atoms with E-state index >= 15 is 0 Å². The molecule has 1 amide bonds. The van der Waals surface area contributed by atoms with E-state index in [0.717, 1.165) is 11.3 Å². The van der Waals surface area contributed by atoms with Crippen LogP contribution in [-0.2, 0) is 36.1 Å². The van der Waals surface area contributed by atoms with Gasteiger partial charge in [-0.15, -0.1) is 0 Å². The molecule has 2 aliphatic heterocycles. The van der Waals surface area contributed by atoms with Crippen molar-refractivity contribution in [2.45, 2.75) is 91.7 Å². The topological polar surface area (TPSA) is 104 Å². The van der Waals surface area contributed by atoms with E-state index in [4.69, 9.17) is 18.8 Å². The second-order valence-corrected chi connectivity index (χ2v) is 15.9. The van der Waals surface area contributed by atoms with Gasteiger partial charge in [-0.25, -0.2) is 9.78 Å². The van der Waals surface area contributed by atoms with Gasteiger partial charge in [0.15, 0.2) is 5.44 Å². The summed E-state index contributed by atoms with van der Waals surface area (Å²) in [6.45, 7) is 18.5. The molecule has 0 radical (unpaired) electrons. The molecule has 1 aromatic heterocycles. The van der Waals surface area contributed by atoms with Crippen LogP contribution in [0.2, 0.25) is 0 Å². The van der Waals surface area contributed by atoms with E-state index in [1.54, 1.807) is 11.0 Å². The Hall–Kier alpha value is -1.16. The third kappa shape index (κ3) is 7.92. The highest BCUT2D eigenvalue weighted by Gasteiger charge is 2.42. The van der Waals surface area contributed by atoms with E-state index in [1.165, 1.54) is 0 Å². The van der Waals surface area contributed by atoms with E-state index in [-0.39, 0.29) is 17.6 Å². The summed E-state index contributed by atoms with van der Waals surface area (Å²) in [5.74, 6) is 1.13. The molecule has 1 fully saturated rings. The molecule has 204 valence electrons. The van der Waals surface area contributed by atoms with Crippen LogP contribution >= 0.6 is 7.60 Å². The second kappa shape index (κ2) is 10.5. The first-order valence-corrected chi connectivity index (χ1v) is 15.5. The Morgan fingerprint density at radius 2 is 1.56 bits per heavy atom. The number of amides is 1. The molecule has 0 spiro atoms. The first-order chi connectivity index (χ1) is 16.4. The Morgan fingerprint density at radius 1 is 1.00 bits per heavy atom. The lowest BCUT2D eigenvalue weighted by Crippen LogP contribution is -2.50. The summed E-state index contributed by atoms with van der Waals surface area (Å²) in [7, 11) is -3.78. The lowest BCUT2D eigenvalue weighted by molar-refractivity contribution is 0.0133. The zero-order chi connectivity index (χ0) is 27.1. The van der Waals surface area contributed by atoms with Crippen LogP contribution in [-0.4, -0.2) is 73.4 Å². The largest absolute Gasteiger partial charge is 0.616 e. The quantitative estimate of drug-likeness (QED) is 0.407. The molecule has 0 aromatic carbocycles. The molecule has 3 heterocycles. The number of pyridine rings is 1. The molecule has 2 aliphatic rings. The highest BCUT2D eigenvalue weighted by atomic mass is 32.2. The van der Waals surface area contributed by atoms with Crippen molar-refractivity contribution in [1.29, 1.82) is 0 Å². The molecular formula is C25H42N3O6PS. The summed E-state index contributed by atoms with van der Waals surface area (Å²) in [4.78, 5) is 21.7. The number of hydrogen-bond acceptors (Lipinski definition) is 8. The molecular weight excluding hydrogens is 501 g/mol. The van der Waals surface area contributed by atoms with Crippen LogP contribution in [0.1, 0.15) is 79.6 Å². The first-order valence-electron chi connectivity index (χ1n) is 12.4. The molecule has 36 heavy (non-hydrogen) atoms. The highest BCUT2D eigenvalue weighted by Crippen LogP contribution is 2.53. The fourth-order valence-corrected chi connectivity index (χ4v) is 7.42. The molecule has 1 aromatic rings. The normalized spacial score (nSPS) is 20.8. The molecule has 1 atom stereocenters. The van der Waals surface area contributed by atoms with Crippen LogP contribution in [0.25, 0.3) is 0 Å². The van der Waals surface area contributed by atoms with E-state index < -0.39 is 35.6 Å². The van der Waals surface area contributed by atoms with Gasteiger partial charge in [-0.1, -0.05) is 17.2 Å². The molecule has 1 unspecified atom stereocenters. The van der Waals surface area contributed by atoms with Gasteiger partial charge in [0.1, 0.15) is 17.1 Å². The summed E-state index contributed by atoms with van der Waals surface area (Å²) in [6, 6.07) is 3.28.